The highest BCUT2D eigenvalue weighted by atomic mass is 16.7. The van der Waals surface area contributed by atoms with Crippen LogP contribution in [0.25, 0.3) is 0 Å². The molecule has 4 rings (SSSR count). The molecule has 0 bridgehead atoms. The van der Waals surface area contributed by atoms with Crippen molar-refractivity contribution in [2.75, 3.05) is 13.2 Å². The van der Waals surface area contributed by atoms with Crippen LogP contribution in [-0.4, -0.2) is 37.8 Å². The van der Waals surface area contributed by atoms with Crippen molar-refractivity contribution < 1.29 is 23.7 Å². The molecule has 0 amide bonds. The van der Waals surface area contributed by atoms with Crippen LogP contribution in [0.5, 0.6) is 0 Å². The summed E-state index contributed by atoms with van der Waals surface area (Å²) in [6.07, 6.45) is 5.78. The van der Waals surface area contributed by atoms with E-state index in [1.54, 1.807) is 0 Å². The Morgan fingerprint density at radius 2 is 1.08 bits per heavy atom. The molecule has 39 heavy (non-hydrogen) atoms. The van der Waals surface area contributed by atoms with Gasteiger partial charge in [-0.1, -0.05) is 130 Å². The molecule has 0 unspecified atom stereocenters. The molecule has 0 saturated carbocycles. The first-order chi connectivity index (χ1) is 19.3. The maximum absolute atomic E-state index is 6.50. The monoisotopic (exact) mass is 532 g/mol. The smallest absolute Gasteiger partial charge is 0.186 e. The lowest BCUT2D eigenvalue weighted by atomic mass is 10.1. The molecule has 3 aromatic carbocycles. The molecular formula is C34H44O5. The van der Waals surface area contributed by atoms with Crippen molar-refractivity contribution in [2.24, 2.45) is 0 Å². The van der Waals surface area contributed by atoms with Crippen molar-refractivity contribution in [2.45, 2.75) is 89.9 Å². The average Bonchev–Trinajstić information content (AvgIpc) is 3.32. The fourth-order valence-electron chi connectivity index (χ4n) is 4.82. The van der Waals surface area contributed by atoms with Crippen LogP contribution in [-0.2, 0) is 43.5 Å². The van der Waals surface area contributed by atoms with Gasteiger partial charge in [0.1, 0.15) is 18.3 Å². The standard InChI is InChI=1S/C34H44O5/c1-2-3-4-5-6-16-23-36-34-33(38-26-30-21-14-9-15-22-30)32(37-25-29-19-12-8-13-20-29)31(39-34)27-35-24-28-17-10-7-11-18-28/h7-15,17-22,31-34H,2-6,16,23-27H2,1H3/t31-,32-,33-,34-/m1/s1. The minimum Gasteiger partial charge on any atom is -0.374 e. The molecule has 0 N–H and O–H groups in total. The first kappa shape index (κ1) is 29.4. The number of hydrogen-bond donors (Lipinski definition) is 0. The lowest BCUT2D eigenvalue weighted by Crippen LogP contribution is -2.39. The summed E-state index contributed by atoms with van der Waals surface area (Å²) >= 11 is 0. The van der Waals surface area contributed by atoms with Crippen LogP contribution in [0.4, 0.5) is 0 Å². The van der Waals surface area contributed by atoms with Crippen LogP contribution < -0.4 is 0 Å². The Morgan fingerprint density at radius 3 is 1.67 bits per heavy atom. The van der Waals surface area contributed by atoms with Crippen LogP contribution in [0.3, 0.4) is 0 Å². The first-order valence-corrected chi connectivity index (χ1v) is 14.5. The average molecular weight is 533 g/mol. The van der Waals surface area contributed by atoms with E-state index in [1.807, 2.05) is 54.6 Å². The fraction of sp³-hybridized carbons (Fsp3) is 0.471. The van der Waals surface area contributed by atoms with Crippen molar-refractivity contribution in [3.63, 3.8) is 0 Å². The van der Waals surface area contributed by atoms with E-state index >= 15 is 0 Å². The third-order valence-electron chi connectivity index (χ3n) is 7.01. The topological polar surface area (TPSA) is 46.2 Å². The van der Waals surface area contributed by atoms with Crippen molar-refractivity contribution in [3.05, 3.63) is 108 Å². The van der Waals surface area contributed by atoms with Crippen LogP contribution in [0.2, 0.25) is 0 Å². The molecule has 1 saturated heterocycles. The van der Waals surface area contributed by atoms with Gasteiger partial charge >= 0.3 is 0 Å². The lowest BCUT2D eigenvalue weighted by molar-refractivity contribution is -0.185. The maximum atomic E-state index is 6.50. The van der Waals surface area contributed by atoms with Crippen LogP contribution in [0.1, 0.15) is 62.1 Å². The van der Waals surface area contributed by atoms with Crippen LogP contribution >= 0.6 is 0 Å². The second-order valence-corrected chi connectivity index (χ2v) is 10.2. The number of rotatable bonds is 18. The Kier molecular flexibility index (Phi) is 13.0. The second-order valence-electron chi connectivity index (χ2n) is 10.2. The van der Waals surface area contributed by atoms with Crippen LogP contribution in [0.15, 0.2) is 91.0 Å². The van der Waals surface area contributed by atoms with Gasteiger partial charge in [0.2, 0.25) is 0 Å². The Labute approximate surface area is 234 Å². The van der Waals surface area contributed by atoms with Gasteiger partial charge < -0.3 is 23.7 Å². The highest BCUT2D eigenvalue weighted by Crippen LogP contribution is 2.30. The summed E-state index contributed by atoms with van der Waals surface area (Å²) in [6.45, 7) is 4.74. The zero-order valence-corrected chi connectivity index (χ0v) is 23.3. The Balaban J connectivity index is 1.41. The highest BCUT2D eigenvalue weighted by Gasteiger charge is 2.47. The largest absolute Gasteiger partial charge is 0.374 e. The van der Waals surface area contributed by atoms with Crippen molar-refractivity contribution in [3.8, 4) is 0 Å². The summed E-state index contributed by atoms with van der Waals surface area (Å²) in [5.74, 6) is 0. The van der Waals surface area contributed by atoms with Gasteiger partial charge in [0, 0.05) is 6.61 Å². The van der Waals surface area contributed by atoms with Gasteiger partial charge in [-0.2, -0.15) is 0 Å². The maximum Gasteiger partial charge on any atom is 0.186 e. The van der Waals surface area contributed by atoms with E-state index in [4.69, 9.17) is 23.7 Å². The number of benzene rings is 3. The van der Waals surface area contributed by atoms with E-state index in [2.05, 4.69) is 43.3 Å². The molecule has 0 radical (unpaired) electrons. The van der Waals surface area contributed by atoms with Gasteiger partial charge in [0.05, 0.1) is 26.4 Å². The molecule has 5 heteroatoms. The summed E-state index contributed by atoms with van der Waals surface area (Å²) in [7, 11) is 0. The van der Waals surface area contributed by atoms with E-state index in [0.29, 0.717) is 33.0 Å². The molecule has 0 aromatic heterocycles. The van der Waals surface area contributed by atoms with Gasteiger partial charge in [0.15, 0.2) is 6.29 Å². The second kappa shape index (κ2) is 17.2. The van der Waals surface area contributed by atoms with E-state index in [9.17, 15) is 0 Å². The molecule has 210 valence electrons. The molecule has 0 spiro atoms. The number of hydrogen-bond acceptors (Lipinski definition) is 5. The first-order valence-electron chi connectivity index (χ1n) is 14.5. The van der Waals surface area contributed by atoms with Crippen LogP contribution in [0, 0.1) is 0 Å². The Morgan fingerprint density at radius 1 is 0.564 bits per heavy atom. The zero-order chi connectivity index (χ0) is 27.0. The van der Waals surface area contributed by atoms with E-state index < -0.39 is 6.29 Å². The molecule has 3 aromatic rings. The molecular weight excluding hydrogens is 488 g/mol. The minimum absolute atomic E-state index is 0.298. The van der Waals surface area contributed by atoms with Gasteiger partial charge in [-0.25, -0.2) is 0 Å². The molecule has 5 nitrogen and oxygen atoms in total. The minimum atomic E-state index is -0.504. The summed E-state index contributed by atoms with van der Waals surface area (Å²) in [5, 5.41) is 0. The van der Waals surface area contributed by atoms with E-state index in [0.717, 1.165) is 23.1 Å². The van der Waals surface area contributed by atoms with Gasteiger partial charge in [-0.15, -0.1) is 0 Å². The number of unbranched alkanes of at least 4 members (excludes halogenated alkanes) is 5. The van der Waals surface area contributed by atoms with Crippen molar-refractivity contribution in [1.82, 2.24) is 0 Å². The summed E-state index contributed by atoms with van der Waals surface area (Å²) in [5.41, 5.74) is 3.35. The number of ether oxygens (including phenoxy) is 5. The van der Waals surface area contributed by atoms with Crippen molar-refractivity contribution >= 4 is 0 Å². The molecule has 1 fully saturated rings. The molecule has 1 aliphatic rings. The summed E-state index contributed by atoms with van der Waals surface area (Å²) in [4.78, 5) is 0. The molecule has 1 heterocycles. The molecule has 4 atom stereocenters. The van der Waals surface area contributed by atoms with Crippen molar-refractivity contribution in [1.29, 1.82) is 0 Å². The summed E-state index contributed by atoms with van der Waals surface area (Å²) < 4.78 is 31.8. The SMILES string of the molecule is CCCCCCCCO[C@@H]1O[C@H](COCc2ccccc2)[C@@H](OCc2ccccc2)[C@H]1OCc1ccccc1. The third-order valence-corrected chi connectivity index (χ3v) is 7.01. The highest BCUT2D eigenvalue weighted by molar-refractivity contribution is 5.15. The van der Waals surface area contributed by atoms with E-state index in [-0.39, 0.29) is 18.3 Å². The van der Waals surface area contributed by atoms with Gasteiger partial charge in [-0.05, 0) is 23.1 Å². The predicted octanol–water partition coefficient (Wildman–Crippen LogP) is 7.48. The quantitative estimate of drug-likeness (QED) is 0.159. The summed E-state index contributed by atoms with van der Waals surface area (Å²) in [6, 6.07) is 30.6. The molecule has 0 aliphatic carbocycles. The normalized spacial score (nSPS) is 20.8. The molecule has 1 aliphatic heterocycles. The third kappa shape index (κ3) is 10.2. The predicted molar refractivity (Wildman–Crippen MR) is 154 cm³/mol. The Hall–Kier alpha value is -2.54. The van der Waals surface area contributed by atoms with Gasteiger partial charge in [0.25, 0.3) is 0 Å². The van der Waals surface area contributed by atoms with E-state index in [1.165, 1.54) is 32.1 Å². The lowest BCUT2D eigenvalue weighted by Gasteiger charge is -2.25. The van der Waals surface area contributed by atoms with Gasteiger partial charge in [-0.3, -0.25) is 0 Å². The fourth-order valence-corrected chi connectivity index (χ4v) is 4.82. The zero-order valence-electron chi connectivity index (χ0n) is 23.3. The Bertz CT molecular complexity index is 1010.